The Hall–Kier alpha value is -1.81. The summed E-state index contributed by atoms with van der Waals surface area (Å²) in [4.78, 5) is 11.1. The van der Waals surface area contributed by atoms with E-state index in [0.29, 0.717) is 10.6 Å². The van der Waals surface area contributed by atoms with Crippen LogP contribution in [-0.2, 0) is 0 Å². The van der Waals surface area contributed by atoms with Crippen LogP contribution in [-0.4, -0.2) is 11.1 Å². The van der Waals surface area contributed by atoms with Crippen LogP contribution >= 0.6 is 11.3 Å². The van der Waals surface area contributed by atoms with Gasteiger partial charge in [-0.3, -0.25) is 0 Å². The lowest BCUT2D eigenvalue weighted by molar-refractivity contribution is 0.0699. The Kier molecular flexibility index (Phi) is 2.66. The summed E-state index contributed by atoms with van der Waals surface area (Å²) in [6.07, 6.45) is 0. The number of nitrogen functional groups attached to an aromatic ring is 1. The van der Waals surface area contributed by atoms with Gasteiger partial charge in [0.15, 0.2) is 0 Å². The van der Waals surface area contributed by atoms with Gasteiger partial charge in [-0.15, -0.1) is 11.3 Å². The molecule has 0 fully saturated rings. The molecule has 2 aromatic rings. The average Bonchev–Trinajstić information content (AvgIpc) is 2.61. The summed E-state index contributed by atoms with van der Waals surface area (Å²) in [5, 5.41) is 11.2. The van der Waals surface area contributed by atoms with Gasteiger partial charge in [-0.2, -0.15) is 0 Å². The molecular weight excluding hydrogens is 222 g/mol. The predicted molar refractivity (Wildman–Crippen MR) is 65.9 cm³/mol. The van der Waals surface area contributed by atoms with Crippen LogP contribution in [0.1, 0.15) is 15.9 Å². The van der Waals surface area contributed by atoms with Crippen LogP contribution < -0.4 is 5.73 Å². The van der Waals surface area contributed by atoms with Crippen molar-refractivity contribution in [3.05, 3.63) is 40.8 Å². The van der Waals surface area contributed by atoms with Gasteiger partial charge in [0, 0.05) is 10.9 Å². The Labute approximate surface area is 97.2 Å². The summed E-state index contributed by atoms with van der Waals surface area (Å²) in [6, 6.07) is 7.72. The van der Waals surface area contributed by atoms with E-state index in [4.69, 9.17) is 10.8 Å². The number of rotatable bonds is 2. The zero-order valence-corrected chi connectivity index (χ0v) is 9.54. The fourth-order valence-electron chi connectivity index (χ4n) is 1.54. The molecule has 0 atom stereocenters. The van der Waals surface area contributed by atoms with Crippen LogP contribution in [0.2, 0.25) is 0 Å². The maximum Gasteiger partial charge on any atom is 0.339 e. The summed E-state index contributed by atoms with van der Waals surface area (Å²) in [5.41, 5.74) is 8.57. The van der Waals surface area contributed by atoms with Crippen molar-refractivity contribution in [3.8, 4) is 11.1 Å². The second-order valence-electron chi connectivity index (χ2n) is 3.56. The maximum atomic E-state index is 11.1. The Morgan fingerprint density at radius 3 is 2.50 bits per heavy atom. The van der Waals surface area contributed by atoms with Crippen molar-refractivity contribution >= 4 is 22.3 Å². The standard InChI is InChI=1S/C12H11NO2S/c1-7-2-4-8(5-3-7)9-6-16-11(13)10(9)12(14)15/h2-6H,13H2,1H3,(H,14,15). The Bertz CT molecular complexity index is 528. The number of hydrogen-bond acceptors (Lipinski definition) is 3. The van der Waals surface area contributed by atoms with Gasteiger partial charge >= 0.3 is 5.97 Å². The highest BCUT2D eigenvalue weighted by Crippen LogP contribution is 2.33. The van der Waals surface area contributed by atoms with E-state index in [0.717, 1.165) is 11.1 Å². The number of aryl methyl sites for hydroxylation is 1. The molecule has 4 heteroatoms. The minimum Gasteiger partial charge on any atom is -0.478 e. The van der Waals surface area contributed by atoms with Gasteiger partial charge in [-0.25, -0.2) is 4.79 Å². The molecule has 3 nitrogen and oxygen atoms in total. The van der Waals surface area contributed by atoms with Crippen molar-refractivity contribution in [2.24, 2.45) is 0 Å². The van der Waals surface area contributed by atoms with Crippen LogP contribution in [0.15, 0.2) is 29.6 Å². The van der Waals surface area contributed by atoms with E-state index < -0.39 is 5.97 Å². The van der Waals surface area contributed by atoms with E-state index in [1.54, 1.807) is 5.38 Å². The second kappa shape index (κ2) is 3.98. The smallest absolute Gasteiger partial charge is 0.339 e. The van der Waals surface area contributed by atoms with E-state index in [1.807, 2.05) is 31.2 Å². The zero-order valence-electron chi connectivity index (χ0n) is 8.73. The third-order valence-corrected chi connectivity index (χ3v) is 3.21. The van der Waals surface area contributed by atoms with Crippen LogP contribution in [0.4, 0.5) is 5.00 Å². The molecule has 1 heterocycles. The van der Waals surface area contributed by atoms with Crippen LogP contribution in [0.25, 0.3) is 11.1 Å². The molecule has 0 unspecified atom stereocenters. The van der Waals surface area contributed by atoms with E-state index in [9.17, 15) is 4.79 Å². The first-order chi connectivity index (χ1) is 7.59. The molecule has 0 saturated heterocycles. The fraction of sp³-hybridized carbons (Fsp3) is 0.0833. The van der Waals surface area contributed by atoms with E-state index >= 15 is 0 Å². The molecular formula is C12H11NO2S. The molecule has 0 bridgehead atoms. The number of anilines is 1. The summed E-state index contributed by atoms with van der Waals surface area (Å²) >= 11 is 1.26. The van der Waals surface area contributed by atoms with Crippen molar-refractivity contribution < 1.29 is 9.90 Å². The molecule has 3 N–H and O–H groups in total. The largest absolute Gasteiger partial charge is 0.478 e. The first-order valence-electron chi connectivity index (χ1n) is 4.77. The van der Waals surface area contributed by atoms with Gasteiger partial charge in [0.1, 0.15) is 10.6 Å². The van der Waals surface area contributed by atoms with Gasteiger partial charge in [-0.1, -0.05) is 29.8 Å². The number of carboxylic acid groups (broad SMARTS) is 1. The van der Waals surface area contributed by atoms with E-state index in [1.165, 1.54) is 11.3 Å². The molecule has 16 heavy (non-hydrogen) atoms. The van der Waals surface area contributed by atoms with E-state index in [-0.39, 0.29) is 5.56 Å². The lowest BCUT2D eigenvalue weighted by atomic mass is 10.0. The summed E-state index contributed by atoms with van der Waals surface area (Å²) in [5.74, 6) is -0.977. The number of carboxylic acids is 1. The van der Waals surface area contributed by atoms with Crippen LogP contribution in [0.5, 0.6) is 0 Å². The normalized spacial score (nSPS) is 10.3. The highest BCUT2D eigenvalue weighted by Gasteiger charge is 2.17. The van der Waals surface area contributed by atoms with Crippen molar-refractivity contribution in [3.63, 3.8) is 0 Å². The van der Waals surface area contributed by atoms with Gasteiger partial charge in [0.25, 0.3) is 0 Å². The number of carbonyl (C=O) groups is 1. The molecule has 82 valence electrons. The third kappa shape index (κ3) is 1.79. The highest BCUT2D eigenvalue weighted by molar-refractivity contribution is 7.14. The molecule has 1 aromatic heterocycles. The third-order valence-electron chi connectivity index (χ3n) is 2.40. The van der Waals surface area contributed by atoms with E-state index in [2.05, 4.69) is 0 Å². The lowest BCUT2D eigenvalue weighted by Crippen LogP contribution is -2.00. The topological polar surface area (TPSA) is 63.3 Å². The molecule has 0 saturated carbocycles. The Balaban J connectivity index is 2.56. The zero-order chi connectivity index (χ0) is 11.7. The minimum absolute atomic E-state index is 0.203. The Morgan fingerprint density at radius 1 is 1.31 bits per heavy atom. The number of hydrogen-bond donors (Lipinski definition) is 2. The summed E-state index contributed by atoms with van der Waals surface area (Å²) < 4.78 is 0. The molecule has 0 aliphatic carbocycles. The molecule has 0 radical (unpaired) electrons. The lowest BCUT2D eigenvalue weighted by Gasteiger charge is -2.02. The molecule has 2 rings (SSSR count). The molecule has 0 aliphatic heterocycles. The van der Waals surface area contributed by atoms with Crippen LogP contribution in [0.3, 0.4) is 0 Å². The first-order valence-corrected chi connectivity index (χ1v) is 5.65. The highest BCUT2D eigenvalue weighted by atomic mass is 32.1. The number of aromatic carboxylic acids is 1. The maximum absolute atomic E-state index is 11.1. The quantitative estimate of drug-likeness (QED) is 0.838. The van der Waals surface area contributed by atoms with Crippen molar-refractivity contribution in [1.29, 1.82) is 0 Å². The number of nitrogens with two attached hydrogens (primary N) is 1. The van der Waals surface area contributed by atoms with Crippen molar-refractivity contribution in [1.82, 2.24) is 0 Å². The fourth-order valence-corrected chi connectivity index (χ4v) is 2.35. The van der Waals surface area contributed by atoms with Crippen molar-refractivity contribution in [2.75, 3.05) is 5.73 Å². The Morgan fingerprint density at radius 2 is 1.94 bits per heavy atom. The molecule has 0 amide bonds. The minimum atomic E-state index is -0.977. The molecule has 0 aliphatic rings. The first kappa shape index (κ1) is 10.7. The second-order valence-corrected chi connectivity index (χ2v) is 4.47. The van der Waals surface area contributed by atoms with Crippen LogP contribution in [0, 0.1) is 6.92 Å². The summed E-state index contributed by atoms with van der Waals surface area (Å²) in [7, 11) is 0. The van der Waals surface area contributed by atoms with Gasteiger partial charge in [0.05, 0.1) is 0 Å². The SMILES string of the molecule is Cc1ccc(-c2csc(N)c2C(=O)O)cc1. The monoisotopic (exact) mass is 233 g/mol. The predicted octanol–water partition coefficient (Wildman–Crippen LogP) is 3.00. The van der Waals surface area contributed by atoms with Gasteiger partial charge < -0.3 is 10.8 Å². The van der Waals surface area contributed by atoms with Gasteiger partial charge in [-0.05, 0) is 12.5 Å². The molecule has 0 spiro atoms. The molecule has 1 aromatic carbocycles. The average molecular weight is 233 g/mol. The number of thiophene rings is 1. The van der Waals surface area contributed by atoms with Crippen molar-refractivity contribution in [2.45, 2.75) is 6.92 Å². The number of benzene rings is 1. The van der Waals surface area contributed by atoms with Gasteiger partial charge in [0.2, 0.25) is 0 Å². The summed E-state index contributed by atoms with van der Waals surface area (Å²) in [6.45, 7) is 1.99.